The summed E-state index contributed by atoms with van der Waals surface area (Å²) in [6, 6.07) is 19.5. The Kier molecular flexibility index (Phi) is 6.33. The zero-order valence-corrected chi connectivity index (χ0v) is 19.1. The third kappa shape index (κ3) is 4.86. The SMILES string of the molecule is CC(C)(Oc1cccc(C2CCCN(C(=O)c3cccc(-c4cccs4)c3)C2)c1)C(=O)O. The fraction of sp³-hybridized carbons (Fsp3) is 0.308. The van der Waals surface area contributed by atoms with Crippen LogP contribution in [0.25, 0.3) is 10.4 Å². The Balaban J connectivity index is 1.49. The van der Waals surface area contributed by atoms with E-state index in [0.29, 0.717) is 17.9 Å². The van der Waals surface area contributed by atoms with Gasteiger partial charge in [0.25, 0.3) is 5.91 Å². The highest BCUT2D eigenvalue weighted by molar-refractivity contribution is 7.13. The van der Waals surface area contributed by atoms with Crippen molar-refractivity contribution in [1.29, 1.82) is 0 Å². The highest BCUT2D eigenvalue weighted by atomic mass is 32.1. The number of thiophene rings is 1. The van der Waals surface area contributed by atoms with Gasteiger partial charge in [0.15, 0.2) is 5.60 Å². The normalized spacial score (nSPS) is 16.6. The van der Waals surface area contributed by atoms with Crippen LogP contribution in [0.4, 0.5) is 0 Å². The van der Waals surface area contributed by atoms with E-state index < -0.39 is 11.6 Å². The molecule has 0 spiro atoms. The molecule has 5 nitrogen and oxygen atoms in total. The second kappa shape index (κ2) is 9.17. The van der Waals surface area contributed by atoms with E-state index in [0.717, 1.165) is 35.4 Å². The van der Waals surface area contributed by atoms with Crippen molar-refractivity contribution in [3.63, 3.8) is 0 Å². The molecule has 0 aliphatic carbocycles. The van der Waals surface area contributed by atoms with Crippen LogP contribution in [0.1, 0.15) is 48.5 Å². The van der Waals surface area contributed by atoms with Gasteiger partial charge in [0, 0.05) is 29.4 Å². The minimum absolute atomic E-state index is 0.0486. The first kappa shape index (κ1) is 22.1. The van der Waals surface area contributed by atoms with E-state index in [2.05, 4.69) is 6.07 Å². The molecule has 0 radical (unpaired) electrons. The summed E-state index contributed by atoms with van der Waals surface area (Å²) < 4.78 is 5.71. The summed E-state index contributed by atoms with van der Waals surface area (Å²) >= 11 is 1.66. The molecule has 3 aromatic rings. The summed E-state index contributed by atoms with van der Waals surface area (Å²) in [5.74, 6) is -0.249. The average molecular weight is 450 g/mol. The first-order valence-electron chi connectivity index (χ1n) is 10.8. The van der Waals surface area contributed by atoms with E-state index >= 15 is 0 Å². The minimum atomic E-state index is -1.30. The Morgan fingerprint density at radius 3 is 2.66 bits per heavy atom. The maximum Gasteiger partial charge on any atom is 0.347 e. The maximum atomic E-state index is 13.3. The third-order valence-electron chi connectivity index (χ3n) is 5.84. The molecule has 1 aliphatic heterocycles. The number of carboxylic acid groups (broad SMARTS) is 1. The summed E-state index contributed by atoms with van der Waals surface area (Å²) in [6.45, 7) is 4.44. The van der Waals surface area contributed by atoms with E-state index in [9.17, 15) is 14.7 Å². The average Bonchev–Trinajstić information content (AvgIpc) is 3.34. The van der Waals surface area contributed by atoms with Crippen LogP contribution in [0.15, 0.2) is 66.0 Å². The quantitative estimate of drug-likeness (QED) is 0.526. The Labute approximate surface area is 192 Å². The van der Waals surface area contributed by atoms with Gasteiger partial charge in [0.2, 0.25) is 0 Å². The number of hydrogen-bond acceptors (Lipinski definition) is 4. The van der Waals surface area contributed by atoms with Gasteiger partial charge < -0.3 is 14.7 Å². The molecule has 1 amide bonds. The summed E-state index contributed by atoms with van der Waals surface area (Å²) in [5.41, 5.74) is 1.52. The van der Waals surface area contributed by atoms with Crippen LogP contribution in [-0.2, 0) is 4.79 Å². The first-order valence-corrected chi connectivity index (χ1v) is 11.7. The maximum absolute atomic E-state index is 13.3. The molecule has 4 rings (SSSR count). The number of ether oxygens (including phenoxy) is 1. The number of nitrogens with zero attached hydrogens (tertiary/aromatic N) is 1. The number of hydrogen-bond donors (Lipinski definition) is 1. The Bertz CT molecular complexity index is 1110. The van der Waals surface area contributed by atoms with Crippen molar-refractivity contribution in [3.05, 3.63) is 77.2 Å². The lowest BCUT2D eigenvalue weighted by atomic mass is 9.90. The topological polar surface area (TPSA) is 66.8 Å². The number of amides is 1. The molecule has 6 heteroatoms. The van der Waals surface area contributed by atoms with Crippen LogP contribution in [0.3, 0.4) is 0 Å². The second-order valence-electron chi connectivity index (χ2n) is 8.64. The van der Waals surface area contributed by atoms with Gasteiger partial charge >= 0.3 is 5.97 Å². The van der Waals surface area contributed by atoms with Crippen molar-refractivity contribution < 1.29 is 19.4 Å². The fourth-order valence-electron chi connectivity index (χ4n) is 4.03. The molecule has 1 aliphatic rings. The third-order valence-corrected chi connectivity index (χ3v) is 6.76. The fourth-order valence-corrected chi connectivity index (χ4v) is 4.76. The standard InChI is InChI=1S/C26H27NO4S/c1-26(2,25(29)30)31-22-11-4-7-18(16-22)21-10-5-13-27(17-21)24(28)20-9-3-8-19(15-20)23-12-6-14-32-23/h3-4,6-9,11-12,14-16,21H,5,10,13,17H2,1-2H3,(H,29,30). The van der Waals surface area contributed by atoms with Crippen molar-refractivity contribution in [2.45, 2.75) is 38.2 Å². The van der Waals surface area contributed by atoms with Crippen LogP contribution in [0.5, 0.6) is 5.75 Å². The van der Waals surface area contributed by atoms with Crippen molar-refractivity contribution in [3.8, 4) is 16.2 Å². The molecule has 1 saturated heterocycles. The van der Waals surface area contributed by atoms with E-state index in [1.54, 1.807) is 17.4 Å². The number of rotatable bonds is 6. The van der Waals surface area contributed by atoms with E-state index in [4.69, 9.17) is 4.74 Å². The predicted octanol–water partition coefficient (Wildman–Crippen LogP) is 5.68. The van der Waals surface area contributed by atoms with Crippen LogP contribution >= 0.6 is 11.3 Å². The molecule has 0 bridgehead atoms. The van der Waals surface area contributed by atoms with E-state index in [-0.39, 0.29) is 11.8 Å². The van der Waals surface area contributed by atoms with E-state index in [1.165, 1.54) is 13.8 Å². The van der Waals surface area contributed by atoms with Crippen molar-refractivity contribution in [1.82, 2.24) is 4.90 Å². The summed E-state index contributed by atoms with van der Waals surface area (Å²) in [7, 11) is 0. The lowest BCUT2D eigenvalue weighted by molar-refractivity contribution is -0.152. The number of aliphatic carboxylic acids is 1. The number of benzene rings is 2. The molecule has 32 heavy (non-hydrogen) atoms. The van der Waals surface area contributed by atoms with Crippen LogP contribution in [0.2, 0.25) is 0 Å². The number of carbonyl (C=O) groups is 2. The zero-order chi connectivity index (χ0) is 22.7. The van der Waals surface area contributed by atoms with Gasteiger partial charge in [-0.05, 0) is 73.5 Å². The van der Waals surface area contributed by atoms with Crippen molar-refractivity contribution in [2.75, 3.05) is 13.1 Å². The number of carbonyl (C=O) groups excluding carboxylic acids is 1. The molecule has 2 heterocycles. The summed E-state index contributed by atoms with van der Waals surface area (Å²) in [5, 5.41) is 11.4. The summed E-state index contributed by atoms with van der Waals surface area (Å²) in [4.78, 5) is 27.7. The predicted molar refractivity (Wildman–Crippen MR) is 126 cm³/mol. The second-order valence-corrected chi connectivity index (χ2v) is 9.59. The lowest BCUT2D eigenvalue weighted by Gasteiger charge is -2.33. The largest absolute Gasteiger partial charge is 0.478 e. The van der Waals surface area contributed by atoms with Gasteiger partial charge in [0.1, 0.15) is 5.75 Å². The molecular formula is C26H27NO4S. The summed E-state index contributed by atoms with van der Waals surface area (Å²) in [6.07, 6.45) is 1.90. The Hall–Kier alpha value is -3.12. The smallest absolute Gasteiger partial charge is 0.347 e. The van der Waals surface area contributed by atoms with Crippen LogP contribution in [0, 0.1) is 0 Å². The lowest BCUT2D eigenvalue weighted by Crippen LogP contribution is -2.39. The molecule has 2 aromatic carbocycles. The molecular weight excluding hydrogens is 422 g/mol. The Morgan fingerprint density at radius 1 is 1.09 bits per heavy atom. The molecule has 1 aromatic heterocycles. The monoisotopic (exact) mass is 449 g/mol. The molecule has 0 saturated carbocycles. The van der Waals surface area contributed by atoms with Gasteiger partial charge in [0.05, 0.1) is 0 Å². The Morgan fingerprint density at radius 2 is 1.91 bits per heavy atom. The van der Waals surface area contributed by atoms with Crippen molar-refractivity contribution >= 4 is 23.2 Å². The molecule has 1 fully saturated rings. The number of likely N-dealkylation sites (tertiary alicyclic amines) is 1. The van der Waals surface area contributed by atoms with Crippen LogP contribution < -0.4 is 4.74 Å². The van der Waals surface area contributed by atoms with Crippen molar-refractivity contribution in [2.24, 2.45) is 0 Å². The van der Waals surface area contributed by atoms with Gasteiger partial charge in [-0.25, -0.2) is 4.79 Å². The number of piperidine rings is 1. The van der Waals surface area contributed by atoms with E-state index in [1.807, 2.05) is 58.8 Å². The van der Waals surface area contributed by atoms with Crippen LogP contribution in [-0.4, -0.2) is 40.6 Å². The highest BCUT2D eigenvalue weighted by Gasteiger charge is 2.30. The zero-order valence-electron chi connectivity index (χ0n) is 18.3. The van der Waals surface area contributed by atoms with Gasteiger partial charge in [-0.3, -0.25) is 4.79 Å². The van der Waals surface area contributed by atoms with Gasteiger partial charge in [-0.1, -0.05) is 30.3 Å². The molecule has 1 N–H and O–H groups in total. The molecule has 166 valence electrons. The van der Waals surface area contributed by atoms with Gasteiger partial charge in [-0.15, -0.1) is 11.3 Å². The highest BCUT2D eigenvalue weighted by Crippen LogP contribution is 2.31. The molecule has 1 atom stereocenters. The minimum Gasteiger partial charge on any atom is -0.478 e. The molecule has 1 unspecified atom stereocenters. The first-order chi connectivity index (χ1) is 15.3. The number of carboxylic acids is 1. The van der Waals surface area contributed by atoms with Gasteiger partial charge in [-0.2, -0.15) is 0 Å².